The molecule has 2 heterocycles. The zero-order valence-corrected chi connectivity index (χ0v) is 14.2. The van der Waals surface area contributed by atoms with Crippen molar-refractivity contribution in [3.05, 3.63) is 52.5 Å². The number of carbonyl (C=O) groups is 1. The molecule has 0 N–H and O–H groups in total. The minimum Gasteiger partial charge on any atom is -0.481 e. The van der Waals surface area contributed by atoms with E-state index in [2.05, 4.69) is 5.10 Å². The number of anilines is 1. The molecule has 3 rings (SSSR count). The Morgan fingerprint density at radius 2 is 1.92 bits per heavy atom. The highest BCUT2D eigenvalue weighted by Crippen LogP contribution is 2.18. The van der Waals surface area contributed by atoms with Crippen LogP contribution in [0.5, 0.6) is 5.75 Å². The molecule has 0 saturated carbocycles. The number of nitrogens with zero attached hydrogens (tertiary/aromatic N) is 4. The molecule has 7 nitrogen and oxygen atoms in total. The van der Waals surface area contributed by atoms with Gasteiger partial charge in [-0.2, -0.15) is 5.10 Å². The number of ether oxygens (including phenoxy) is 1. The molecule has 138 valence electrons. The van der Waals surface area contributed by atoms with Crippen molar-refractivity contribution in [2.75, 3.05) is 37.7 Å². The molecule has 1 aliphatic heterocycles. The van der Waals surface area contributed by atoms with Crippen LogP contribution >= 0.6 is 0 Å². The normalized spacial score (nSPS) is 14.4. The van der Waals surface area contributed by atoms with Gasteiger partial charge >= 0.3 is 0 Å². The van der Waals surface area contributed by atoms with Crippen LogP contribution in [-0.4, -0.2) is 53.4 Å². The first-order chi connectivity index (χ1) is 12.4. The van der Waals surface area contributed by atoms with Crippen LogP contribution in [0.25, 0.3) is 0 Å². The Hall–Kier alpha value is -2.97. The van der Waals surface area contributed by atoms with Gasteiger partial charge in [-0.15, -0.1) is 0 Å². The maximum absolute atomic E-state index is 13.5. The molecule has 1 aromatic carbocycles. The van der Waals surface area contributed by atoms with Gasteiger partial charge in [-0.1, -0.05) is 0 Å². The van der Waals surface area contributed by atoms with Gasteiger partial charge in [-0.3, -0.25) is 9.59 Å². The standard InChI is InChI=1S/C17H18F2N4O3/c1-21-16(24)9-13(10-20-21)22-4-6-23(7-5-22)17(25)11-26-15-3-2-12(18)8-14(15)19/h2-3,8-10H,4-7,11H2,1H3. The fourth-order valence-corrected chi connectivity index (χ4v) is 2.67. The summed E-state index contributed by atoms with van der Waals surface area (Å²) in [6, 6.07) is 4.43. The first kappa shape index (κ1) is 17.8. The summed E-state index contributed by atoms with van der Waals surface area (Å²) in [4.78, 5) is 27.4. The molecule has 1 fully saturated rings. The number of amides is 1. The average molecular weight is 364 g/mol. The quantitative estimate of drug-likeness (QED) is 0.802. The molecule has 0 spiro atoms. The van der Waals surface area contributed by atoms with E-state index in [1.54, 1.807) is 18.1 Å². The van der Waals surface area contributed by atoms with Crippen molar-refractivity contribution in [2.45, 2.75) is 0 Å². The van der Waals surface area contributed by atoms with Gasteiger partial charge in [0.1, 0.15) is 5.82 Å². The summed E-state index contributed by atoms with van der Waals surface area (Å²) in [5.41, 5.74) is 0.514. The van der Waals surface area contributed by atoms with E-state index in [0.29, 0.717) is 37.9 Å². The molecule has 26 heavy (non-hydrogen) atoms. The fourth-order valence-electron chi connectivity index (χ4n) is 2.67. The second-order valence-corrected chi connectivity index (χ2v) is 5.91. The van der Waals surface area contributed by atoms with Gasteiger partial charge in [0.05, 0.1) is 11.9 Å². The molecular weight excluding hydrogens is 346 g/mol. The second kappa shape index (κ2) is 7.51. The summed E-state index contributed by atoms with van der Waals surface area (Å²) >= 11 is 0. The van der Waals surface area contributed by atoms with Gasteiger partial charge in [0.15, 0.2) is 18.2 Å². The first-order valence-electron chi connectivity index (χ1n) is 8.08. The first-order valence-corrected chi connectivity index (χ1v) is 8.08. The Morgan fingerprint density at radius 3 is 2.58 bits per heavy atom. The van der Waals surface area contributed by atoms with E-state index in [0.717, 1.165) is 12.1 Å². The van der Waals surface area contributed by atoms with E-state index >= 15 is 0 Å². The molecule has 0 aliphatic carbocycles. The molecule has 0 atom stereocenters. The minimum atomic E-state index is -0.847. The lowest BCUT2D eigenvalue weighted by Crippen LogP contribution is -2.50. The topological polar surface area (TPSA) is 67.7 Å². The zero-order valence-electron chi connectivity index (χ0n) is 14.2. The van der Waals surface area contributed by atoms with Crippen LogP contribution in [0, 0.1) is 11.6 Å². The van der Waals surface area contributed by atoms with Gasteiger partial charge in [0.25, 0.3) is 11.5 Å². The lowest BCUT2D eigenvalue weighted by molar-refractivity contribution is -0.133. The summed E-state index contributed by atoms with van der Waals surface area (Å²) in [6.45, 7) is 1.67. The number of aryl methyl sites for hydroxylation is 1. The molecule has 0 bridgehead atoms. The minimum absolute atomic E-state index is 0.162. The largest absolute Gasteiger partial charge is 0.481 e. The highest BCUT2D eigenvalue weighted by atomic mass is 19.1. The Morgan fingerprint density at radius 1 is 1.19 bits per heavy atom. The van der Waals surface area contributed by atoms with E-state index < -0.39 is 11.6 Å². The number of halogens is 2. The van der Waals surface area contributed by atoms with Crippen molar-refractivity contribution in [3.63, 3.8) is 0 Å². The third-order valence-corrected chi connectivity index (χ3v) is 4.20. The number of carbonyl (C=O) groups excluding carboxylic acids is 1. The van der Waals surface area contributed by atoms with Crippen molar-refractivity contribution >= 4 is 11.6 Å². The second-order valence-electron chi connectivity index (χ2n) is 5.91. The third kappa shape index (κ3) is 3.98. The molecule has 1 aliphatic rings. The molecule has 0 radical (unpaired) electrons. The Bertz CT molecular complexity index is 863. The molecule has 2 aromatic rings. The van der Waals surface area contributed by atoms with Gasteiger partial charge < -0.3 is 14.5 Å². The molecule has 1 amide bonds. The fraction of sp³-hybridized carbons (Fsp3) is 0.353. The van der Waals surface area contributed by atoms with Crippen molar-refractivity contribution in [1.29, 1.82) is 0 Å². The van der Waals surface area contributed by atoms with Gasteiger partial charge in [-0.25, -0.2) is 13.5 Å². The van der Waals surface area contributed by atoms with Crippen LogP contribution in [0.1, 0.15) is 0 Å². The van der Waals surface area contributed by atoms with E-state index in [1.807, 2.05) is 4.90 Å². The summed E-state index contributed by atoms with van der Waals surface area (Å²) in [7, 11) is 1.58. The van der Waals surface area contributed by atoms with Crippen LogP contribution in [0.3, 0.4) is 0 Å². The van der Waals surface area contributed by atoms with Gasteiger partial charge in [0.2, 0.25) is 0 Å². The summed E-state index contributed by atoms with van der Waals surface area (Å²) in [5, 5.41) is 3.99. The Kier molecular flexibility index (Phi) is 5.15. The highest BCUT2D eigenvalue weighted by Gasteiger charge is 2.22. The van der Waals surface area contributed by atoms with Crippen LogP contribution in [0.4, 0.5) is 14.5 Å². The van der Waals surface area contributed by atoms with Crippen LogP contribution < -0.4 is 15.2 Å². The van der Waals surface area contributed by atoms with Crippen molar-refractivity contribution in [3.8, 4) is 5.75 Å². The lowest BCUT2D eigenvalue weighted by atomic mass is 10.3. The van der Waals surface area contributed by atoms with Crippen LogP contribution in [0.15, 0.2) is 35.3 Å². The molecular formula is C17H18F2N4O3. The predicted octanol–water partition coefficient (Wildman–Crippen LogP) is 0.786. The summed E-state index contributed by atoms with van der Waals surface area (Å²) in [5.74, 6) is -2.00. The summed E-state index contributed by atoms with van der Waals surface area (Å²) in [6.07, 6.45) is 1.61. The molecule has 0 unspecified atom stereocenters. The number of rotatable bonds is 4. The van der Waals surface area contributed by atoms with Gasteiger partial charge in [0, 0.05) is 45.4 Å². The maximum Gasteiger partial charge on any atom is 0.268 e. The maximum atomic E-state index is 13.5. The third-order valence-electron chi connectivity index (χ3n) is 4.20. The van der Waals surface area contributed by atoms with Crippen molar-refractivity contribution < 1.29 is 18.3 Å². The van der Waals surface area contributed by atoms with Crippen LogP contribution in [-0.2, 0) is 11.8 Å². The van der Waals surface area contributed by atoms with E-state index in [1.165, 1.54) is 10.7 Å². The van der Waals surface area contributed by atoms with Gasteiger partial charge in [-0.05, 0) is 12.1 Å². The Labute approximate surface area is 148 Å². The lowest BCUT2D eigenvalue weighted by Gasteiger charge is -2.35. The number of hydrogen-bond acceptors (Lipinski definition) is 5. The molecule has 1 aromatic heterocycles. The van der Waals surface area contributed by atoms with E-state index in [4.69, 9.17) is 4.74 Å². The SMILES string of the molecule is Cn1ncc(N2CCN(C(=O)COc3ccc(F)cc3F)CC2)cc1=O. The average Bonchev–Trinajstić information content (AvgIpc) is 2.63. The Balaban J connectivity index is 1.53. The van der Waals surface area contributed by atoms with E-state index in [-0.39, 0.29) is 23.8 Å². The highest BCUT2D eigenvalue weighted by molar-refractivity contribution is 5.78. The van der Waals surface area contributed by atoms with E-state index in [9.17, 15) is 18.4 Å². The molecule has 9 heteroatoms. The number of benzene rings is 1. The predicted molar refractivity (Wildman–Crippen MR) is 90.1 cm³/mol. The van der Waals surface area contributed by atoms with Crippen LogP contribution in [0.2, 0.25) is 0 Å². The molecule has 1 saturated heterocycles. The summed E-state index contributed by atoms with van der Waals surface area (Å²) < 4.78 is 32.8. The number of piperazine rings is 1. The smallest absolute Gasteiger partial charge is 0.268 e. The monoisotopic (exact) mass is 364 g/mol. The zero-order chi connectivity index (χ0) is 18.7. The number of aromatic nitrogens is 2. The number of hydrogen-bond donors (Lipinski definition) is 0. The van der Waals surface area contributed by atoms with Crippen molar-refractivity contribution in [1.82, 2.24) is 14.7 Å². The van der Waals surface area contributed by atoms with Crippen molar-refractivity contribution in [2.24, 2.45) is 7.05 Å².